The summed E-state index contributed by atoms with van der Waals surface area (Å²) in [4.78, 5) is 38.2. The number of nitrogens with zero attached hydrogens (tertiary/aromatic N) is 4. The summed E-state index contributed by atoms with van der Waals surface area (Å²) in [6.45, 7) is 4.03. The number of fused-ring (bicyclic) bond motifs is 1. The van der Waals surface area contributed by atoms with Crippen LogP contribution in [-0.2, 0) is 14.3 Å². The highest BCUT2D eigenvalue weighted by Gasteiger charge is 2.50. The van der Waals surface area contributed by atoms with Crippen molar-refractivity contribution in [1.82, 2.24) is 19.8 Å². The first-order valence-corrected chi connectivity index (χ1v) is 12.1. The van der Waals surface area contributed by atoms with Crippen LogP contribution in [0, 0.1) is 5.92 Å². The van der Waals surface area contributed by atoms with Crippen LogP contribution in [0.25, 0.3) is 0 Å². The Bertz CT molecular complexity index is 946. The van der Waals surface area contributed by atoms with E-state index in [1.165, 1.54) is 12.8 Å². The number of ether oxygens (including phenoxy) is 2. The Balaban J connectivity index is 1.18. The lowest BCUT2D eigenvalue weighted by atomic mass is 9.73. The zero-order valence-corrected chi connectivity index (χ0v) is 19.2. The second kappa shape index (κ2) is 9.25. The third kappa shape index (κ3) is 4.53. The number of rotatable bonds is 6. The van der Waals surface area contributed by atoms with Crippen LogP contribution in [0.15, 0.2) is 41.9 Å². The highest BCUT2D eigenvalue weighted by atomic mass is 16.6. The normalized spacial score (nSPS) is 29.3. The van der Waals surface area contributed by atoms with Gasteiger partial charge in [-0.05, 0) is 57.7 Å². The van der Waals surface area contributed by atoms with Crippen molar-refractivity contribution in [3.8, 4) is 5.88 Å². The van der Waals surface area contributed by atoms with Gasteiger partial charge in [-0.3, -0.25) is 9.78 Å². The largest absolute Gasteiger partial charge is 0.469 e. The van der Waals surface area contributed by atoms with Crippen LogP contribution in [0.2, 0.25) is 0 Å². The molecule has 1 saturated carbocycles. The number of aromatic nitrogens is 2. The van der Waals surface area contributed by atoms with Crippen molar-refractivity contribution in [2.75, 3.05) is 33.2 Å². The van der Waals surface area contributed by atoms with E-state index in [-0.39, 0.29) is 23.9 Å². The first kappa shape index (κ1) is 22.1. The molecule has 1 atom stereocenters. The van der Waals surface area contributed by atoms with Gasteiger partial charge in [0.15, 0.2) is 0 Å². The molecule has 1 aromatic rings. The van der Waals surface area contributed by atoms with Crippen molar-refractivity contribution in [2.24, 2.45) is 5.92 Å². The maximum atomic E-state index is 13.0. The molecule has 8 heteroatoms. The average molecular weight is 453 g/mol. The number of carbonyl (C=O) groups excluding carboxylic acids is 2. The SMILES string of the molecule is CN(CCN1CCCC1)C(=O)C1CCC2(CC1)OC(=O)C1=C2C=CC(Oc2cnccn2)C1. The molecule has 0 bridgehead atoms. The molecule has 0 N–H and O–H groups in total. The molecule has 2 aliphatic heterocycles. The van der Waals surface area contributed by atoms with Crippen LogP contribution in [0.4, 0.5) is 0 Å². The van der Waals surface area contributed by atoms with E-state index in [9.17, 15) is 9.59 Å². The number of hydrogen-bond donors (Lipinski definition) is 0. The van der Waals surface area contributed by atoms with E-state index in [4.69, 9.17) is 9.47 Å². The molecule has 0 radical (unpaired) electrons. The summed E-state index contributed by atoms with van der Waals surface area (Å²) < 4.78 is 11.8. The van der Waals surface area contributed by atoms with Gasteiger partial charge in [0.05, 0.1) is 6.20 Å². The molecule has 1 unspecified atom stereocenters. The van der Waals surface area contributed by atoms with Gasteiger partial charge in [-0.2, -0.15) is 0 Å². The summed E-state index contributed by atoms with van der Waals surface area (Å²) in [6, 6.07) is 0. The standard InChI is InChI=1S/C25H32N4O4/c1-28(14-15-29-12-2-3-13-29)23(30)18-6-8-25(9-7-18)21-5-4-19(16-20(21)24(31)33-25)32-22-17-26-10-11-27-22/h4-5,10-11,17-19H,2-3,6-9,12-16H2,1H3. The summed E-state index contributed by atoms with van der Waals surface area (Å²) in [5, 5.41) is 0. The third-order valence-electron chi connectivity index (χ3n) is 7.51. The Morgan fingerprint density at radius 1 is 1.27 bits per heavy atom. The van der Waals surface area contributed by atoms with Crippen molar-refractivity contribution < 1.29 is 19.1 Å². The van der Waals surface area contributed by atoms with E-state index in [1.807, 2.05) is 24.1 Å². The van der Waals surface area contributed by atoms with Gasteiger partial charge in [0.1, 0.15) is 11.7 Å². The molecule has 5 rings (SSSR count). The van der Waals surface area contributed by atoms with Crippen LogP contribution in [0.3, 0.4) is 0 Å². The minimum Gasteiger partial charge on any atom is -0.469 e. The second-order valence-electron chi connectivity index (χ2n) is 9.62. The molecule has 1 spiro atoms. The summed E-state index contributed by atoms with van der Waals surface area (Å²) >= 11 is 0. The monoisotopic (exact) mass is 452 g/mol. The third-order valence-corrected chi connectivity index (χ3v) is 7.51. The van der Waals surface area contributed by atoms with Crippen LogP contribution in [-0.4, -0.2) is 76.6 Å². The maximum Gasteiger partial charge on any atom is 0.335 e. The topological polar surface area (TPSA) is 84.9 Å². The highest BCUT2D eigenvalue weighted by Crippen LogP contribution is 2.48. The van der Waals surface area contributed by atoms with Gasteiger partial charge in [-0.15, -0.1) is 0 Å². The number of amides is 1. The van der Waals surface area contributed by atoms with Gasteiger partial charge >= 0.3 is 5.97 Å². The highest BCUT2D eigenvalue weighted by molar-refractivity contribution is 5.94. The second-order valence-corrected chi connectivity index (χ2v) is 9.62. The van der Waals surface area contributed by atoms with E-state index in [0.29, 0.717) is 30.7 Å². The van der Waals surface area contributed by atoms with Crippen molar-refractivity contribution in [2.45, 2.75) is 56.7 Å². The van der Waals surface area contributed by atoms with Crippen molar-refractivity contribution >= 4 is 11.9 Å². The fraction of sp³-hybridized carbons (Fsp3) is 0.600. The van der Waals surface area contributed by atoms with Crippen LogP contribution in [0.5, 0.6) is 5.88 Å². The molecular weight excluding hydrogens is 420 g/mol. The lowest BCUT2D eigenvalue weighted by molar-refractivity contribution is -0.151. The van der Waals surface area contributed by atoms with Crippen molar-refractivity contribution in [1.29, 1.82) is 0 Å². The molecule has 2 fully saturated rings. The molecule has 33 heavy (non-hydrogen) atoms. The number of likely N-dealkylation sites (N-methyl/N-ethyl adjacent to an activating group) is 1. The quantitative estimate of drug-likeness (QED) is 0.613. The Labute approximate surface area is 194 Å². The Morgan fingerprint density at radius 3 is 2.79 bits per heavy atom. The molecule has 0 aromatic carbocycles. The predicted octanol–water partition coefficient (Wildman–Crippen LogP) is 2.52. The van der Waals surface area contributed by atoms with E-state index in [2.05, 4.69) is 14.9 Å². The van der Waals surface area contributed by atoms with Gasteiger partial charge < -0.3 is 19.3 Å². The maximum absolute atomic E-state index is 13.0. The molecule has 2 aliphatic carbocycles. The lowest BCUT2D eigenvalue weighted by Crippen LogP contribution is -2.43. The first-order valence-electron chi connectivity index (χ1n) is 12.1. The molecule has 8 nitrogen and oxygen atoms in total. The zero-order valence-electron chi connectivity index (χ0n) is 19.2. The van der Waals surface area contributed by atoms with Gasteiger partial charge in [-0.1, -0.05) is 6.08 Å². The van der Waals surface area contributed by atoms with E-state index in [1.54, 1.807) is 18.6 Å². The van der Waals surface area contributed by atoms with Gasteiger partial charge in [-0.25, -0.2) is 9.78 Å². The van der Waals surface area contributed by atoms with Gasteiger partial charge in [0.25, 0.3) is 0 Å². The first-order chi connectivity index (χ1) is 16.0. The summed E-state index contributed by atoms with van der Waals surface area (Å²) in [5.41, 5.74) is 1.07. The molecule has 4 aliphatic rings. The summed E-state index contributed by atoms with van der Waals surface area (Å²) in [7, 11) is 1.92. The molecule has 3 heterocycles. The zero-order chi connectivity index (χ0) is 22.8. The average Bonchev–Trinajstić information content (AvgIpc) is 3.45. The predicted molar refractivity (Wildman–Crippen MR) is 121 cm³/mol. The Morgan fingerprint density at radius 2 is 2.06 bits per heavy atom. The fourth-order valence-corrected chi connectivity index (χ4v) is 5.60. The summed E-state index contributed by atoms with van der Waals surface area (Å²) in [6.07, 6.45) is 14.3. The van der Waals surface area contributed by atoms with E-state index < -0.39 is 5.60 Å². The Kier molecular flexibility index (Phi) is 6.19. The van der Waals surface area contributed by atoms with Gasteiger partial charge in [0, 0.05) is 56.0 Å². The molecule has 1 amide bonds. The number of likely N-dealkylation sites (tertiary alicyclic amines) is 1. The molecule has 1 aromatic heterocycles. The molecular formula is C25H32N4O4. The molecule has 1 saturated heterocycles. The van der Waals surface area contributed by atoms with Crippen molar-refractivity contribution in [3.63, 3.8) is 0 Å². The smallest absolute Gasteiger partial charge is 0.335 e. The number of esters is 1. The lowest BCUT2D eigenvalue weighted by Gasteiger charge is -2.38. The summed E-state index contributed by atoms with van der Waals surface area (Å²) in [5.74, 6) is 0.404. The number of carbonyl (C=O) groups is 2. The Hall–Kier alpha value is -2.74. The minimum absolute atomic E-state index is 0.00265. The van der Waals surface area contributed by atoms with Crippen LogP contribution in [0.1, 0.15) is 44.9 Å². The van der Waals surface area contributed by atoms with Gasteiger partial charge in [0.2, 0.25) is 11.8 Å². The van der Waals surface area contributed by atoms with Crippen molar-refractivity contribution in [3.05, 3.63) is 41.9 Å². The van der Waals surface area contributed by atoms with E-state index in [0.717, 1.165) is 44.6 Å². The fourth-order valence-electron chi connectivity index (χ4n) is 5.60. The van der Waals surface area contributed by atoms with E-state index >= 15 is 0 Å². The molecule has 176 valence electrons. The minimum atomic E-state index is -0.592. The number of hydrogen-bond acceptors (Lipinski definition) is 7. The van der Waals surface area contributed by atoms with Crippen LogP contribution >= 0.6 is 0 Å². The van der Waals surface area contributed by atoms with Crippen LogP contribution < -0.4 is 4.74 Å².